The van der Waals surface area contributed by atoms with Gasteiger partial charge in [0.2, 0.25) is 0 Å². The van der Waals surface area contributed by atoms with Gasteiger partial charge in [-0.2, -0.15) is 0 Å². The number of pyridine rings is 1. The first-order valence-electron chi connectivity index (χ1n) is 8.47. The molecule has 0 atom stereocenters. The van der Waals surface area contributed by atoms with Crippen molar-refractivity contribution < 1.29 is 9.18 Å². The SMILES string of the molecule is C#Cc1cccc(C(=O)Nc2cc(F)cc(N(CC)c3cccnc3)c2)c1. The second kappa shape index (κ2) is 8.15. The van der Waals surface area contributed by atoms with Gasteiger partial charge in [-0.05, 0) is 55.5 Å². The molecule has 0 aliphatic carbocycles. The minimum absolute atomic E-state index is 0.354. The second-order valence-electron chi connectivity index (χ2n) is 5.83. The minimum atomic E-state index is -0.442. The Labute approximate surface area is 157 Å². The highest BCUT2D eigenvalue weighted by Crippen LogP contribution is 2.28. The number of benzene rings is 2. The van der Waals surface area contributed by atoms with E-state index in [1.54, 1.807) is 42.7 Å². The zero-order valence-corrected chi connectivity index (χ0v) is 14.8. The lowest BCUT2D eigenvalue weighted by molar-refractivity contribution is 0.102. The molecule has 0 unspecified atom stereocenters. The van der Waals surface area contributed by atoms with E-state index in [1.807, 2.05) is 24.0 Å². The molecule has 0 spiro atoms. The monoisotopic (exact) mass is 359 g/mol. The Morgan fingerprint density at radius 3 is 2.74 bits per heavy atom. The van der Waals surface area contributed by atoms with E-state index in [0.29, 0.717) is 29.0 Å². The highest BCUT2D eigenvalue weighted by molar-refractivity contribution is 6.04. The number of anilines is 3. The van der Waals surface area contributed by atoms with Crippen LogP contribution in [0.4, 0.5) is 21.5 Å². The van der Waals surface area contributed by atoms with Crippen LogP contribution in [0.1, 0.15) is 22.8 Å². The number of terminal acetylenes is 1. The van der Waals surface area contributed by atoms with Gasteiger partial charge in [0.1, 0.15) is 5.82 Å². The van der Waals surface area contributed by atoms with Gasteiger partial charge in [0, 0.05) is 35.2 Å². The highest BCUT2D eigenvalue weighted by atomic mass is 19.1. The van der Waals surface area contributed by atoms with E-state index >= 15 is 0 Å². The lowest BCUT2D eigenvalue weighted by Crippen LogP contribution is -2.17. The average Bonchev–Trinajstić information content (AvgIpc) is 2.69. The summed E-state index contributed by atoms with van der Waals surface area (Å²) in [6.07, 6.45) is 8.76. The van der Waals surface area contributed by atoms with Crippen molar-refractivity contribution in [3.05, 3.63) is 83.9 Å². The second-order valence-corrected chi connectivity index (χ2v) is 5.83. The van der Waals surface area contributed by atoms with Crippen LogP contribution >= 0.6 is 0 Å². The van der Waals surface area contributed by atoms with Crippen LogP contribution in [0.3, 0.4) is 0 Å². The lowest BCUT2D eigenvalue weighted by atomic mass is 10.1. The molecular formula is C22H18FN3O. The predicted molar refractivity (Wildman–Crippen MR) is 106 cm³/mol. The summed E-state index contributed by atoms with van der Waals surface area (Å²) in [6, 6.07) is 14.9. The van der Waals surface area contributed by atoms with E-state index in [2.05, 4.69) is 16.2 Å². The van der Waals surface area contributed by atoms with Crippen LogP contribution in [0.5, 0.6) is 0 Å². The number of nitrogens with zero attached hydrogens (tertiary/aromatic N) is 2. The summed E-state index contributed by atoms with van der Waals surface area (Å²) >= 11 is 0. The van der Waals surface area contributed by atoms with E-state index < -0.39 is 5.82 Å². The zero-order valence-electron chi connectivity index (χ0n) is 14.8. The molecule has 0 radical (unpaired) electrons. The Kier molecular flexibility index (Phi) is 5.48. The molecule has 1 N–H and O–H groups in total. The molecular weight excluding hydrogens is 341 g/mol. The summed E-state index contributed by atoms with van der Waals surface area (Å²) in [5, 5.41) is 2.73. The van der Waals surface area contributed by atoms with Crippen LogP contribution in [0.2, 0.25) is 0 Å². The van der Waals surface area contributed by atoms with E-state index in [0.717, 1.165) is 5.69 Å². The molecule has 134 valence electrons. The number of aromatic nitrogens is 1. The first kappa shape index (κ1) is 18.2. The smallest absolute Gasteiger partial charge is 0.255 e. The Morgan fingerprint density at radius 2 is 2.04 bits per heavy atom. The summed E-state index contributed by atoms with van der Waals surface area (Å²) < 4.78 is 14.2. The molecule has 4 nitrogen and oxygen atoms in total. The quantitative estimate of drug-likeness (QED) is 0.677. The number of amides is 1. The maximum absolute atomic E-state index is 14.2. The van der Waals surface area contributed by atoms with Crippen molar-refractivity contribution in [3.8, 4) is 12.3 Å². The van der Waals surface area contributed by atoms with E-state index in [9.17, 15) is 9.18 Å². The molecule has 0 bridgehead atoms. The third-order valence-electron chi connectivity index (χ3n) is 4.02. The highest BCUT2D eigenvalue weighted by Gasteiger charge is 2.12. The topological polar surface area (TPSA) is 45.2 Å². The lowest BCUT2D eigenvalue weighted by Gasteiger charge is -2.23. The van der Waals surface area contributed by atoms with E-state index in [-0.39, 0.29) is 5.91 Å². The van der Waals surface area contributed by atoms with Gasteiger partial charge >= 0.3 is 0 Å². The number of carbonyl (C=O) groups excluding carboxylic acids is 1. The van der Waals surface area contributed by atoms with E-state index in [4.69, 9.17) is 6.42 Å². The predicted octanol–water partition coefficient (Wildman–Crippen LogP) is 4.61. The standard InChI is InChI=1S/C22H18FN3O/c1-3-16-7-5-8-17(11-16)22(27)25-19-12-18(23)13-21(14-19)26(4-2)20-9-6-10-24-15-20/h1,5-15H,4H2,2H3,(H,25,27). The van der Waals surface area contributed by atoms with Crippen LogP contribution < -0.4 is 10.2 Å². The number of carbonyl (C=O) groups is 1. The fourth-order valence-electron chi connectivity index (χ4n) is 2.78. The summed E-state index contributed by atoms with van der Waals surface area (Å²) in [7, 11) is 0. The van der Waals surface area contributed by atoms with Gasteiger partial charge < -0.3 is 10.2 Å². The summed E-state index contributed by atoms with van der Waals surface area (Å²) in [5.74, 6) is 1.70. The van der Waals surface area contributed by atoms with Crippen molar-refractivity contribution in [2.45, 2.75) is 6.92 Å². The third kappa shape index (κ3) is 4.31. The number of hydrogen-bond acceptors (Lipinski definition) is 3. The Balaban J connectivity index is 1.89. The van der Waals surface area contributed by atoms with Gasteiger partial charge in [0.05, 0.1) is 11.9 Å². The van der Waals surface area contributed by atoms with Crippen molar-refractivity contribution in [2.24, 2.45) is 0 Å². The fraction of sp³-hybridized carbons (Fsp3) is 0.0909. The first-order chi connectivity index (χ1) is 13.1. The molecule has 27 heavy (non-hydrogen) atoms. The third-order valence-corrected chi connectivity index (χ3v) is 4.02. The van der Waals surface area contributed by atoms with Gasteiger partial charge in [0.25, 0.3) is 5.91 Å². The van der Waals surface area contributed by atoms with Crippen LogP contribution in [0, 0.1) is 18.2 Å². The summed E-state index contributed by atoms with van der Waals surface area (Å²) in [4.78, 5) is 18.5. The molecule has 1 aromatic heterocycles. The number of nitrogens with one attached hydrogen (secondary N) is 1. The molecule has 0 saturated carbocycles. The molecule has 0 aliphatic heterocycles. The molecule has 2 aromatic carbocycles. The average molecular weight is 359 g/mol. The molecule has 3 aromatic rings. The van der Waals surface area contributed by atoms with Crippen molar-refractivity contribution in [3.63, 3.8) is 0 Å². The van der Waals surface area contributed by atoms with Crippen LogP contribution in [-0.4, -0.2) is 17.4 Å². The van der Waals surface area contributed by atoms with Gasteiger partial charge in [-0.3, -0.25) is 9.78 Å². The fourth-order valence-corrected chi connectivity index (χ4v) is 2.78. The molecule has 1 heterocycles. The van der Waals surface area contributed by atoms with Crippen molar-refractivity contribution in [1.29, 1.82) is 0 Å². The number of hydrogen-bond donors (Lipinski definition) is 1. The molecule has 5 heteroatoms. The molecule has 3 rings (SSSR count). The van der Waals surface area contributed by atoms with Crippen molar-refractivity contribution in [1.82, 2.24) is 4.98 Å². The zero-order chi connectivity index (χ0) is 19.2. The largest absolute Gasteiger partial charge is 0.340 e. The minimum Gasteiger partial charge on any atom is -0.340 e. The maximum Gasteiger partial charge on any atom is 0.255 e. The van der Waals surface area contributed by atoms with Gasteiger partial charge in [0.15, 0.2) is 0 Å². The molecule has 0 fully saturated rings. The van der Waals surface area contributed by atoms with Gasteiger partial charge in [-0.15, -0.1) is 6.42 Å². The van der Waals surface area contributed by atoms with Gasteiger partial charge in [-0.1, -0.05) is 12.0 Å². The molecule has 1 amide bonds. The summed E-state index contributed by atoms with van der Waals surface area (Å²) in [6.45, 7) is 2.58. The number of halogens is 1. The van der Waals surface area contributed by atoms with Gasteiger partial charge in [-0.25, -0.2) is 4.39 Å². The van der Waals surface area contributed by atoms with Crippen molar-refractivity contribution in [2.75, 3.05) is 16.8 Å². The van der Waals surface area contributed by atoms with Crippen LogP contribution in [-0.2, 0) is 0 Å². The molecule has 0 saturated heterocycles. The Morgan fingerprint density at radius 1 is 1.19 bits per heavy atom. The summed E-state index contributed by atoms with van der Waals surface area (Å²) in [5.41, 5.74) is 2.85. The maximum atomic E-state index is 14.2. The first-order valence-corrected chi connectivity index (χ1v) is 8.47. The Bertz CT molecular complexity index is 996. The van der Waals surface area contributed by atoms with Crippen LogP contribution in [0.15, 0.2) is 67.0 Å². The Hall–Kier alpha value is -3.65. The van der Waals surface area contributed by atoms with E-state index in [1.165, 1.54) is 12.1 Å². The van der Waals surface area contributed by atoms with Crippen LogP contribution in [0.25, 0.3) is 0 Å². The normalized spacial score (nSPS) is 10.1. The van der Waals surface area contributed by atoms with Crippen molar-refractivity contribution >= 4 is 23.0 Å². The molecule has 0 aliphatic rings. The number of rotatable bonds is 5.